The number of hydrogen-bond acceptors (Lipinski definition) is 4. The summed E-state index contributed by atoms with van der Waals surface area (Å²) in [5.41, 5.74) is 3.12. The molecule has 18 heavy (non-hydrogen) atoms. The van der Waals surface area contributed by atoms with E-state index < -0.39 is 0 Å². The number of fused-ring (bicyclic) bond motifs is 1. The van der Waals surface area contributed by atoms with Crippen LogP contribution in [0.2, 0.25) is 0 Å². The second-order valence-electron chi connectivity index (χ2n) is 3.28. The van der Waals surface area contributed by atoms with E-state index in [-0.39, 0.29) is 58.0 Å². The number of nitrogens with one attached hydrogen (secondary N) is 1. The van der Waals surface area contributed by atoms with Crippen molar-refractivity contribution in [2.24, 2.45) is 0 Å². The molecule has 0 aliphatic rings. The Morgan fingerprint density at radius 2 is 2.22 bits per heavy atom. The SMILES string of the molecule is COc1cnc2cc(C)[nH]c2c1.[K+].[O-]CCSI. The minimum absolute atomic E-state index is 0. The van der Waals surface area contributed by atoms with Crippen LogP contribution in [0.5, 0.6) is 5.75 Å². The van der Waals surface area contributed by atoms with E-state index >= 15 is 0 Å². The van der Waals surface area contributed by atoms with E-state index in [1.807, 2.05) is 19.1 Å². The van der Waals surface area contributed by atoms with Crippen LogP contribution in [0.1, 0.15) is 5.69 Å². The summed E-state index contributed by atoms with van der Waals surface area (Å²) < 4.78 is 5.05. The van der Waals surface area contributed by atoms with Gasteiger partial charge in [-0.2, -0.15) is 0 Å². The van der Waals surface area contributed by atoms with E-state index in [1.54, 1.807) is 22.2 Å². The first kappa shape index (κ1) is 19.2. The predicted molar refractivity (Wildman–Crippen MR) is 78.7 cm³/mol. The molecule has 0 aliphatic heterocycles. The molecule has 94 valence electrons. The zero-order valence-corrected chi connectivity index (χ0v) is 16.8. The van der Waals surface area contributed by atoms with Crippen LogP contribution >= 0.6 is 30.1 Å². The van der Waals surface area contributed by atoms with Crippen LogP contribution in [0, 0.1) is 6.92 Å². The summed E-state index contributed by atoms with van der Waals surface area (Å²) in [4.78, 5) is 7.41. The van der Waals surface area contributed by atoms with Crippen LogP contribution < -0.4 is 61.2 Å². The van der Waals surface area contributed by atoms with E-state index in [0.29, 0.717) is 0 Å². The molecule has 0 fully saturated rings. The van der Waals surface area contributed by atoms with E-state index in [0.717, 1.165) is 28.2 Å². The third-order valence-corrected chi connectivity index (χ3v) is 3.62. The van der Waals surface area contributed by atoms with Gasteiger partial charge in [0.1, 0.15) is 5.75 Å². The Morgan fingerprint density at radius 1 is 1.50 bits per heavy atom. The summed E-state index contributed by atoms with van der Waals surface area (Å²) >= 11 is 2.10. The average Bonchev–Trinajstić information content (AvgIpc) is 2.69. The Morgan fingerprint density at radius 3 is 2.72 bits per heavy atom. The van der Waals surface area contributed by atoms with Crippen molar-refractivity contribution in [3.63, 3.8) is 0 Å². The molecule has 0 aliphatic carbocycles. The van der Waals surface area contributed by atoms with Gasteiger partial charge in [-0.15, -0.1) is 6.61 Å². The largest absolute Gasteiger partial charge is 1.00 e. The van der Waals surface area contributed by atoms with Gasteiger partial charge < -0.3 is 14.8 Å². The van der Waals surface area contributed by atoms with Gasteiger partial charge in [0.25, 0.3) is 0 Å². The van der Waals surface area contributed by atoms with Crippen LogP contribution in [0.3, 0.4) is 0 Å². The normalized spacial score (nSPS) is 9.33. The Labute approximate surface area is 166 Å². The first-order chi connectivity index (χ1) is 8.21. The molecule has 0 saturated carbocycles. The van der Waals surface area contributed by atoms with Gasteiger partial charge in [-0.3, -0.25) is 4.98 Å². The minimum atomic E-state index is 0. The quantitative estimate of drug-likeness (QED) is 0.544. The van der Waals surface area contributed by atoms with Crippen LogP contribution in [-0.2, 0) is 0 Å². The average molecular weight is 404 g/mol. The molecule has 0 atom stereocenters. The van der Waals surface area contributed by atoms with E-state index in [4.69, 9.17) is 4.74 Å². The van der Waals surface area contributed by atoms with Crippen molar-refractivity contribution >= 4 is 41.2 Å². The number of ether oxygens (including phenoxy) is 1. The van der Waals surface area contributed by atoms with Gasteiger partial charge in [-0.1, -0.05) is 8.93 Å². The monoisotopic (exact) mass is 404 g/mol. The number of pyridine rings is 1. The first-order valence-corrected chi connectivity index (χ1v) is 8.55. The van der Waals surface area contributed by atoms with Gasteiger partial charge in [0.05, 0.1) is 24.3 Å². The summed E-state index contributed by atoms with van der Waals surface area (Å²) in [6, 6.07) is 3.95. The topological polar surface area (TPSA) is 61.0 Å². The van der Waals surface area contributed by atoms with Gasteiger partial charge in [0.15, 0.2) is 0 Å². The number of halogens is 1. The molecule has 2 aromatic heterocycles. The molecule has 2 rings (SSSR count). The summed E-state index contributed by atoms with van der Waals surface area (Å²) in [5.74, 6) is 1.52. The van der Waals surface area contributed by atoms with Crippen molar-refractivity contribution in [1.29, 1.82) is 0 Å². The van der Waals surface area contributed by atoms with Crippen LogP contribution in [0.15, 0.2) is 18.3 Å². The van der Waals surface area contributed by atoms with Gasteiger partial charge in [0, 0.05) is 11.8 Å². The fourth-order valence-electron chi connectivity index (χ4n) is 1.27. The molecule has 0 amide bonds. The van der Waals surface area contributed by atoms with Crippen molar-refractivity contribution in [2.45, 2.75) is 6.92 Å². The third-order valence-electron chi connectivity index (χ3n) is 1.97. The Hall–Kier alpha value is 1.17. The molecule has 0 bridgehead atoms. The van der Waals surface area contributed by atoms with Crippen molar-refractivity contribution in [3.8, 4) is 5.75 Å². The van der Waals surface area contributed by atoms with Crippen LogP contribution in [0.4, 0.5) is 0 Å². The van der Waals surface area contributed by atoms with E-state index in [2.05, 4.69) is 31.2 Å². The van der Waals surface area contributed by atoms with Crippen molar-refractivity contribution < 1.29 is 61.2 Å². The molecule has 1 N–H and O–H groups in total. The number of nitrogens with zero attached hydrogens (tertiary/aromatic N) is 1. The number of hydrogen-bond donors (Lipinski definition) is 1. The fourth-order valence-corrected chi connectivity index (χ4v) is 1.87. The number of rotatable bonds is 3. The smallest absolute Gasteiger partial charge is 0.854 e. The number of aryl methyl sites for hydroxylation is 1. The van der Waals surface area contributed by atoms with E-state index in [9.17, 15) is 5.11 Å². The van der Waals surface area contributed by atoms with E-state index in [1.165, 1.54) is 0 Å². The van der Waals surface area contributed by atoms with Crippen LogP contribution in [-0.4, -0.2) is 29.4 Å². The number of aromatic amines is 1. The molecular formula is C11H14IKN2O2S. The molecule has 2 heterocycles. The maximum atomic E-state index is 9.50. The minimum Gasteiger partial charge on any atom is -0.854 e. The Balaban J connectivity index is 0.000000421. The van der Waals surface area contributed by atoms with Gasteiger partial charge >= 0.3 is 51.4 Å². The molecule has 2 aromatic rings. The summed E-state index contributed by atoms with van der Waals surface area (Å²) in [5, 5.41) is 9.50. The summed E-state index contributed by atoms with van der Waals surface area (Å²) in [7, 11) is 3.20. The van der Waals surface area contributed by atoms with Gasteiger partial charge in [-0.25, -0.2) is 0 Å². The molecule has 7 heteroatoms. The van der Waals surface area contributed by atoms with Crippen molar-refractivity contribution in [2.75, 3.05) is 19.5 Å². The summed E-state index contributed by atoms with van der Waals surface area (Å²) in [6.07, 6.45) is 1.72. The molecule has 0 spiro atoms. The maximum Gasteiger partial charge on any atom is 1.00 e. The second-order valence-corrected chi connectivity index (χ2v) is 5.77. The Kier molecular flexibility index (Phi) is 11.6. The summed E-state index contributed by atoms with van der Waals surface area (Å²) in [6.45, 7) is 2.06. The third kappa shape index (κ3) is 6.55. The molecule has 0 unspecified atom stereocenters. The van der Waals surface area contributed by atoms with Gasteiger partial charge in [-0.05, 0) is 39.9 Å². The van der Waals surface area contributed by atoms with Crippen molar-refractivity contribution in [3.05, 3.63) is 24.0 Å². The maximum absolute atomic E-state index is 9.50. The number of aromatic nitrogens is 2. The van der Waals surface area contributed by atoms with Crippen LogP contribution in [0.25, 0.3) is 11.0 Å². The molecular weight excluding hydrogens is 390 g/mol. The standard InChI is InChI=1S/C9H10N2O.C2H4IOS.K/c1-6-3-8-9(11-6)4-7(12-2)5-10-8;3-5-2-1-4;/h3-5,11H,1-2H3;1-2H2;/q;-1;+1. The fraction of sp³-hybridized carbons (Fsp3) is 0.364. The van der Waals surface area contributed by atoms with Gasteiger partial charge in [0.2, 0.25) is 0 Å². The number of H-pyrrole nitrogens is 1. The molecule has 0 radical (unpaired) electrons. The first-order valence-electron chi connectivity index (χ1n) is 5.02. The second kappa shape index (κ2) is 10.9. The molecule has 0 saturated heterocycles. The number of methoxy groups -OCH3 is 1. The molecule has 0 aromatic carbocycles. The zero-order chi connectivity index (χ0) is 12.7. The molecule has 4 nitrogen and oxygen atoms in total. The zero-order valence-electron chi connectivity index (χ0n) is 10.7. The van der Waals surface area contributed by atoms with Crippen molar-refractivity contribution in [1.82, 2.24) is 9.97 Å². The predicted octanol–water partition coefficient (Wildman–Crippen LogP) is -0.686. The Bertz CT molecular complexity index is 465.